The highest BCUT2D eigenvalue weighted by Gasteiger charge is 2.32. The number of nitrogens with zero attached hydrogens (tertiary/aromatic N) is 4. The number of carboxylic acids is 1. The summed E-state index contributed by atoms with van der Waals surface area (Å²) in [6.45, 7) is 0.772. The highest BCUT2D eigenvalue weighted by Crippen LogP contribution is 2.42. The third-order valence-electron chi connectivity index (χ3n) is 6.05. The third kappa shape index (κ3) is 4.52. The van der Waals surface area contributed by atoms with Crippen molar-refractivity contribution in [3.63, 3.8) is 0 Å². The van der Waals surface area contributed by atoms with E-state index in [0.29, 0.717) is 30.2 Å². The first-order valence-electron chi connectivity index (χ1n) is 10.9. The molecular weight excluding hydrogens is 501 g/mol. The Morgan fingerprint density at radius 1 is 1.37 bits per heavy atom. The molecule has 1 amide bonds. The second-order valence-corrected chi connectivity index (χ2v) is 9.86. The molecule has 1 aliphatic heterocycles. The molecule has 14 heteroatoms. The van der Waals surface area contributed by atoms with Crippen molar-refractivity contribution in [1.82, 2.24) is 25.1 Å². The van der Waals surface area contributed by atoms with Crippen LogP contribution in [0.1, 0.15) is 35.7 Å². The minimum absolute atomic E-state index is 0.00911. The van der Waals surface area contributed by atoms with Crippen LogP contribution in [-0.4, -0.2) is 61.6 Å². The SMILES string of the molecule is Nc1n[nH]c(SCC(=O)NC2CCN(c3c(F)cc4c(=O)c(C(=O)O)cn(C5CC5)c4c3Cl)C2)n1. The lowest BCUT2D eigenvalue weighted by Gasteiger charge is -2.23. The molecule has 2 aromatic heterocycles. The van der Waals surface area contributed by atoms with Crippen molar-refractivity contribution in [3.05, 3.63) is 38.9 Å². The van der Waals surface area contributed by atoms with Crippen LogP contribution in [-0.2, 0) is 4.79 Å². The second kappa shape index (κ2) is 9.04. The number of carbonyl (C=O) groups is 2. The molecule has 0 spiro atoms. The number of carboxylic acid groups (broad SMARTS) is 1. The zero-order valence-corrected chi connectivity index (χ0v) is 19.8. The summed E-state index contributed by atoms with van der Waals surface area (Å²) in [7, 11) is 0. The molecular formula is C21H21ClFN7O4S. The predicted molar refractivity (Wildman–Crippen MR) is 129 cm³/mol. The van der Waals surface area contributed by atoms with Gasteiger partial charge in [0.25, 0.3) is 0 Å². The van der Waals surface area contributed by atoms with Crippen molar-refractivity contribution in [1.29, 1.82) is 0 Å². The number of aromatic carboxylic acids is 1. The number of nitrogens with one attached hydrogen (secondary N) is 2. The Morgan fingerprint density at radius 3 is 2.80 bits per heavy atom. The second-order valence-electron chi connectivity index (χ2n) is 8.52. The van der Waals surface area contributed by atoms with Crippen LogP contribution in [0.2, 0.25) is 5.02 Å². The van der Waals surface area contributed by atoms with Crippen molar-refractivity contribution in [2.24, 2.45) is 0 Å². The number of H-pyrrole nitrogens is 1. The van der Waals surface area contributed by atoms with Crippen LogP contribution < -0.4 is 21.4 Å². The first kappa shape index (κ1) is 23.4. The van der Waals surface area contributed by atoms with Gasteiger partial charge in [-0.25, -0.2) is 9.18 Å². The average molecular weight is 522 g/mol. The normalized spacial score (nSPS) is 17.8. The number of benzene rings is 1. The number of carbonyl (C=O) groups excluding carboxylic acids is 1. The average Bonchev–Trinajstić information content (AvgIpc) is 3.41. The summed E-state index contributed by atoms with van der Waals surface area (Å²) in [5, 5.41) is 19.1. The molecule has 3 heterocycles. The topological polar surface area (TPSA) is 159 Å². The standard InChI is InChI=1S/C21H21ClFN7O4S/c22-15-16-11(18(32)12(19(33)34)7-30(16)10-1-2-10)5-13(23)17(15)29-4-3-9(6-29)25-14(31)8-35-21-26-20(24)27-28-21/h5,7,9-10H,1-4,6,8H2,(H,25,31)(H,33,34)(H3,24,26,27,28). The maximum atomic E-state index is 15.3. The van der Waals surface area contributed by atoms with E-state index in [-0.39, 0.29) is 45.8 Å². The fourth-order valence-electron chi connectivity index (χ4n) is 4.32. The number of amides is 1. The largest absolute Gasteiger partial charge is 0.477 e. The molecule has 1 saturated heterocycles. The highest BCUT2D eigenvalue weighted by molar-refractivity contribution is 7.99. The maximum absolute atomic E-state index is 15.3. The van der Waals surface area contributed by atoms with Crippen LogP contribution in [0, 0.1) is 5.82 Å². The fourth-order valence-corrected chi connectivity index (χ4v) is 5.35. The van der Waals surface area contributed by atoms with E-state index >= 15 is 4.39 Å². The fraction of sp³-hybridized carbons (Fsp3) is 0.381. The van der Waals surface area contributed by atoms with Gasteiger partial charge in [-0.2, -0.15) is 4.98 Å². The lowest BCUT2D eigenvalue weighted by atomic mass is 10.1. The van der Waals surface area contributed by atoms with Crippen LogP contribution >= 0.6 is 23.4 Å². The van der Waals surface area contributed by atoms with Gasteiger partial charge >= 0.3 is 5.97 Å². The first-order valence-corrected chi connectivity index (χ1v) is 12.2. The van der Waals surface area contributed by atoms with Crippen LogP contribution in [0.25, 0.3) is 10.9 Å². The van der Waals surface area contributed by atoms with Crippen molar-refractivity contribution in [2.45, 2.75) is 36.5 Å². The first-order chi connectivity index (χ1) is 16.7. The number of halogens is 2. The molecule has 2 aliphatic rings. The molecule has 1 saturated carbocycles. The molecule has 3 aromatic rings. The van der Waals surface area contributed by atoms with Crippen molar-refractivity contribution < 1.29 is 19.1 Å². The van der Waals surface area contributed by atoms with Gasteiger partial charge in [0.2, 0.25) is 17.3 Å². The van der Waals surface area contributed by atoms with Gasteiger partial charge < -0.3 is 25.6 Å². The minimum Gasteiger partial charge on any atom is -0.477 e. The monoisotopic (exact) mass is 521 g/mol. The van der Waals surface area contributed by atoms with E-state index < -0.39 is 22.8 Å². The number of anilines is 2. The zero-order valence-electron chi connectivity index (χ0n) is 18.3. The number of pyridine rings is 1. The Morgan fingerprint density at radius 2 is 2.14 bits per heavy atom. The number of aromatic nitrogens is 4. The zero-order chi connectivity index (χ0) is 24.9. The number of nitrogens with two attached hydrogens (primary N) is 1. The molecule has 1 aliphatic carbocycles. The number of fused-ring (bicyclic) bond motifs is 1. The van der Waals surface area contributed by atoms with Gasteiger partial charge in [-0.1, -0.05) is 23.4 Å². The number of thioether (sulfide) groups is 1. The van der Waals surface area contributed by atoms with Gasteiger partial charge in [0.05, 0.1) is 27.4 Å². The number of hydrogen-bond donors (Lipinski definition) is 4. The summed E-state index contributed by atoms with van der Waals surface area (Å²) >= 11 is 7.84. The predicted octanol–water partition coefficient (Wildman–Crippen LogP) is 2.01. The Bertz CT molecular complexity index is 1410. The van der Waals surface area contributed by atoms with Gasteiger partial charge in [0.1, 0.15) is 11.4 Å². The Balaban J connectivity index is 1.38. The lowest BCUT2D eigenvalue weighted by molar-refractivity contribution is -0.119. The van der Waals surface area contributed by atoms with Crippen molar-refractivity contribution >= 4 is 57.8 Å². The maximum Gasteiger partial charge on any atom is 0.341 e. The molecule has 1 atom stereocenters. The quantitative estimate of drug-likeness (QED) is 0.341. The van der Waals surface area contributed by atoms with Crippen molar-refractivity contribution in [2.75, 3.05) is 29.5 Å². The van der Waals surface area contributed by atoms with Gasteiger partial charge in [-0.3, -0.25) is 14.7 Å². The van der Waals surface area contributed by atoms with E-state index in [9.17, 15) is 19.5 Å². The van der Waals surface area contributed by atoms with Gasteiger partial charge in [0.15, 0.2) is 5.16 Å². The smallest absolute Gasteiger partial charge is 0.341 e. The summed E-state index contributed by atoms with van der Waals surface area (Å²) in [5.41, 5.74) is 4.73. The third-order valence-corrected chi connectivity index (χ3v) is 7.27. The summed E-state index contributed by atoms with van der Waals surface area (Å²) in [6.07, 6.45) is 3.50. The molecule has 1 aromatic carbocycles. The summed E-state index contributed by atoms with van der Waals surface area (Å²) in [5.74, 6) is -2.09. The molecule has 0 bridgehead atoms. The lowest BCUT2D eigenvalue weighted by Crippen LogP contribution is -2.38. The van der Waals surface area contributed by atoms with E-state index in [1.54, 1.807) is 9.47 Å². The minimum atomic E-state index is -1.37. The van der Waals surface area contributed by atoms with E-state index in [1.165, 1.54) is 6.20 Å². The summed E-state index contributed by atoms with van der Waals surface area (Å²) < 4.78 is 16.9. The van der Waals surface area contributed by atoms with E-state index in [0.717, 1.165) is 30.7 Å². The molecule has 184 valence electrons. The van der Waals surface area contributed by atoms with Gasteiger partial charge in [-0.15, -0.1) is 5.10 Å². The Hall–Kier alpha value is -3.32. The van der Waals surface area contributed by atoms with Gasteiger partial charge in [0, 0.05) is 31.4 Å². The van der Waals surface area contributed by atoms with Crippen LogP contribution in [0.3, 0.4) is 0 Å². The molecule has 5 N–H and O–H groups in total. The summed E-state index contributed by atoms with van der Waals surface area (Å²) in [6, 6.07) is 0.847. The number of aromatic amines is 1. The van der Waals surface area contributed by atoms with E-state index in [2.05, 4.69) is 20.5 Å². The molecule has 35 heavy (non-hydrogen) atoms. The van der Waals surface area contributed by atoms with Crippen LogP contribution in [0.15, 0.2) is 22.2 Å². The molecule has 1 unspecified atom stereocenters. The van der Waals surface area contributed by atoms with Crippen LogP contribution in [0.5, 0.6) is 0 Å². The van der Waals surface area contributed by atoms with Crippen molar-refractivity contribution in [3.8, 4) is 0 Å². The molecule has 0 radical (unpaired) electrons. The number of hydrogen-bond acceptors (Lipinski definition) is 8. The molecule has 5 rings (SSSR count). The Labute approximate surface area is 206 Å². The van der Waals surface area contributed by atoms with E-state index in [1.807, 2.05) is 0 Å². The van der Waals surface area contributed by atoms with Gasteiger partial charge in [-0.05, 0) is 25.3 Å². The van der Waals surface area contributed by atoms with E-state index in [4.69, 9.17) is 17.3 Å². The number of nitrogen functional groups attached to an aromatic ring is 1. The number of rotatable bonds is 7. The molecule has 2 fully saturated rings. The Kier molecular flexibility index (Phi) is 6.05. The van der Waals surface area contributed by atoms with Crippen LogP contribution in [0.4, 0.5) is 16.0 Å². The summed E-state index contributed by atoms with van der Waals surface area (Å²) in [4.78, 5) is 42.3. The molecule has 11 nitrogen and oxygen atoms in total. The highest BCUT2D eigenvalue weighted by atomic mass is 35.5.